The van der Waals surface area contributed by atoms with Crippen LogP contribution in [0, 0.1) is 0 Å². The fourth-order valence-corrected chi connectivity index (χ4v) is 4.93. The number of ether oxygens (including phenoxy) is 1. The van der Waals surface area contributed by atoms with Gasteiger partial charge in [-0.25, -0.2) is 13.1 Å². The zero-order chi connectivity index (χ0) is 18.9. The molecule has 0 unspecified atom stereocenters. The minimum atomic E-state index is -3.66. The van der Waals surface area contributed by atoms with E-state index < -0.39 is 10.0 Å². The summed E-state index contributed by atoms with van der Waals surface area (Å²) in [4.78, 5) is 0.228. The van der Waals surface area contributed by atoms with Gasteiger partial charge >= 0.3 is 0 Å². The molecular weight excluding hydrogens is 358 g/mol. The van der Waals surface area contributed by atoms with Gasteiger partial charge in [0.2, 0.25) is 10.0 Å². The first kappa shape index (κ1) is 18.0. The van der Waals surface area contributed by atoms with Gasteiger partial charge in [-0.2, -0.15) is 0 Å². The van der Waals surface area contributed by atoms with Crippen LogP contribution in [0.5, 0.6) is 5.75 Å². The Balaban J connectivity index is 1.61. The van der Waals surface area contributed by atoms with Gasteiger partial charge in [0.1, 0.15) is 10.6 Å². The summed E-state index contributed by atoms with van der Waals surface area (Å²) in [5.41, 5.74) is 3.24. The summed E-state index contributed by atoms with van der Waals surface area (Å²) in [7, 11) is -2.14. The van der Waals surface area contributed by atoms with Crippen molar-refractivity contribution in [2.75, 3.05) is 7.11 Å². The molecule has 4 rings (SSSR count). The lowest BCUT2D eigenvalue weighted by Crippen LogP contribution is -2.24. The fraction of sp³-hybridized carbons (Fsp3) is 0.273. The predicted octanol–water partition coefficient (Wildman–Crippen LogP) is 4.21. The van der Waals surface area contributed by atoms with Crippen molar-refractivity contribution in [3.05, 3.63) is 71.3 Å². The Bertz CT molecular complexity index is 1090. The Morgan fingerprint density at radius 3 is 2.37 bits per heavy atom. The lowest BCUT2D eigenvalue weighted by atomic mass is 9.92. The lowest BCUT2D eigenvalue weighted by molar-refractivity contribution is 0.401. The summed E-state index contributed by atoms with van der Waals surface area (Å²) >= 11 is 0. The van der Waals surface area contributed by atoms with Gasteiger partial charge in [-0.3, -0.25) is 0 Å². The summed E-state index contributed by atoms with van der Waals surface area (Å²) in [5.74, 6) is 0.418. The summed E-state index contributed by atoms with van der Waals surface area (Å²) < 4.78 is 34.0. The Labute approximate surface area is 160 Å². The first-order valence-electron chi connectivity index (χ1n) is 9.24. The van der Waals surface area contributed by atoms with Gasteiger partial charge in [-0.15, -0.1) is 0 Å². The van der Waals surface area contributed by atoms with E-state index in [-0.39, 0.29) is 11.4 Å². The van der Waals surface area contributed by atoms with E-state index in [9.17, 15) is 8.42 Å². The largest absolute Gasteiger partial charge is 0.495 e. The molecule has 1 N–H and O–H groups in total. The molecule has 5 heteroatoms. The van der Waals surface area contributed by atoms with Crippen molar-refractivity contribution in [2.24, 2.45) is 0 Å². The van der Waals surface area contributed by atoms with Crippen molar-refractivity contribution < 1.29 is 13.2 Å². The second-order valence-corrected chi connectivity index (χ2v) is 8.72. The summed E-state index contributed by atoms with van der Waals surface area (Å²) in [5, 5.41) is 2.24. The number of nitrogens with one attached hydrogen (secondary N) is 1. The molecule has 1 aliphatic rings. The molecule has 140 valence electrons. The molecule has 0 aliphatic heterocycles. The van der Waals surface area contributed by atoms with E-state index in [1.165, 1.54) is 12.7 Å². The Morgan fingerprint density at radius 1 is 0.926 bits per heavy atom. The van der Waals surface area contributed by atoms with Gasteiger partial charge in [0.05, 0.1) is 7.11 Å². The Hall–Kier alpha value is -2.37. The van der Waals surface area contributed by atoms with E-state index in [2.05, 4.69) is 4.72 Å². The van der Waals surface area contributed by atoms with E-state index in [0.717, 1.165) is 47.6 Å². The highest BCUT2D eigenvalue weighted by Crippen LogP contribution is 2.32. The third-order valence-corrected chi connectivity index (χ3v) is 6.62. The first-order chi connectivity index (χ1) is 13.1. The number of rotatable bonds is 5. The molecule has 4 nitrogen and oxygen atoms in total. The van der Waals surface area contributed by atoms with E-state index >= 15 is 0 Å². The van der Waals surface area contributed by atoms with Gasteiger partial charge in [-0.1, -0.05) is 36.4 Å². The van der Waals surface area contributed by atoms with E-state index in [4.69, 9.17) is 4.74 Å². The monoisotopic (exact) mass is 381 g/mol. The lowest BCUT2D eigenvalue weighted by Gasteiger charge is -2.19. The molecule has 0 fully saturated rings. The molecule has 0 heterocycles. The van der Waals surface area contributed by atoms with Crippen LogP contribution in [0.4, 0.5) is 0 Å². The maximum absolute atomic E-state index is 12.9. The molecule has 0 bridgehead atoms. The Kier molecular flexibility index (Phi) is 4.89. The molecule has 27 heavy (non-hydrogen) atoms. The molecule has 0 saturated heterocycles. The van der Waals surface area contributed by atoms with E-state index in [0.29, 0.717) is 5.75 Å². The average molecular weight is 381 g/mol. The van der Waals surface area contributed by atoms with Crippen molar-refractivity contribution in [2.45, 2.75) is 37.1 Å². The van der Waals surface area contributed by atoms with Crippen LogP contribution in [0.3, 0.4) is 0 Å². The number of hydrogen-bond donors (Lipinski definition) is 1. The standard InChI is InChI=1S/C22H23NO3S/c1-26-21-13-19-8-4-5-9-20(19)14-22(21)27(24,25)23-15-16-10-11-17-6-2-3-7-18(17)12-16/h2-3,6-7,10-14,23H,4-5,8-9,15H2,1H3. The topological polar surface area (TPSA) is 55.4 Å². The zero-order valence-corrected chi connectivity index (χ0v) is 16.2. The second kappa shape index (κ2) is 7.33. The van der Waals surface area contributed by atoms with Gasteiger partial charge < -0.3 is 4.74 Å². The summed E-state index contributed by atoms with van der Waals surface area (Å²) in [6.07, 6.45) is 4.15. The summed E-state index contributed by atoms with van der Waals surface area (Å²) in [6, 6.07) is 17.7. The molecule has 0 radical (unpaired) electrons. The first-order valence-corrected chi connectivity index (χ1v) is 10.7. The molecule has 0 spiro atoms. The number of fused-ring (bicyclic) bond motifs is 2. The molecule has 0 amide bonds. The average Bonchev–Trinajstić information content (AvgIpc) is 2.71. The van der Waals surface area contributed by atoms with Crippen LogP contribution < -0.4 is 9.46 Å². The van der Waals surface area contributed by atoms with Crippen LogP contribution in [-0.2, 0) is 29.4 Å². The number of benzene rings is 3. The number of methoxy groups -OCH3 is 1. The van der Waals surface area contributed by atoms with Gasteiger partial charge in [0.15, 0.2) is 0 Å². The second-order valence-electron chi connectivity index (χ2n) is 6.98. The molecule has 0 saturated carbocycles. The minimum Gasteiger partial charge on any atom is -0.495 e. The third-order valence-electron chi connectivity index (χ3n) is 5.20. The molecule has 3 aromatic carbocycles. The highest BCUT2D eigenvalue weighted by Gasteiger charge is 2.23. The van der Waals surface area contributed by atoms with Crippen LogP contribution in [0.25, 0.3) is 10.8 Å². The Morgan fingerprint density at radius 2 is 1.63 bits per heavy atom. The summed E-state index contributed by atoms with van der Waals surface area (Å²) in [6.45, 7) is 0.243. The van der Waals surface area contributed by atoms with Crippen LogP contribution in [0.2, 0.25) is 0 Å². The maximum Gasteiger partial charge on any atom is 0.244 e. The van der Waals surface area contributed by atoms with Crippen LogP contribution in [-0.4, -0.2) is 15.5 Å². The van der Waals surface area contributed by atoms with Crippen molar-refractivity contribution in [1.82, 2.24) is 4.72 Å². The number of aryl methyl sites for hydroxylation is 2. The molecular formula is C22H23NO3S. The van der Waals surface area contributed by atoms with Gasteiger partial charge in [-0.05, 0) is 71.3 Å². The minimum absolute atomic E-state index is 0.228. The van der Waals surface area contributed by atoms with Crippen molar-refractivity contribution in [3.63, 3.8) is 0 Å². The number of sulfonamides is 1. The normalized spacial score (nSPS) is 14.1. The maximum atomic E-state index is 12.9. The van der Waals surface area contributed by atoms with Crippen LogP contribution in [0.1, 0.15) is 29.5 Å². The molecule has 0 atom stereocenters. The van der Waals surface area contributed by atoms with Crippen LogP contribution >= 0.6 is 0 Å². The quantitative estimate of drug-likeness (QED) is 0.720. The van der Waals surface area contributed by atoms with Gasteiger partial charge in [0.25, 0.3) is 0 Å². The predicted molar refractivity (Wildman–Crippen MR) is 108 cm³/mol. The number of hydrogen-bond acceptors (Lipinski definition) is 3. The van der Waals surface area contributed by atoms with Crippen molar-refractivity contribution >= 4 is 20.8 Å². The van der Waals surface area contributed by atoms with Crippen molar-refractivity contribution in [3.8, 4) is 5.75 Å². The zero-order valence-electron chi connectivity index (χ0n) is 15.4. The molecule has 1 aliphatic carbocycles. The highest BCUT2D eigenvalue weighted by molar-refractivity contribution is 7.89. The van der Waals surface area contributed by atoms with Crippen LogP contribution in [0.15, 0.2) is 59.5 Å². The smallest absolute Gasteiger partial charge is 0.244 e. The van der Waals surface area contributed by atoms with Crippen molar-refractivity contribution in [1.29, 1.82) is 0 Å². The van der Waals surface area contributed by atoms with E-state index in [1.807, 2.05) is 48.5 Å². The highest BCUT2D eigenvalue weighted by atomic mass is 32.2. The van der Waals surface area contributed by atoms with E-state index in [1.54, 1.807) is 6.07 Å². The molecule has 3 aromatic rings. The fourth-order valence-electron chi connectivity index (χ4n) is 3.71. The third kappa shape index (κ3) is 3.70. The van der Waals surface area contributed by atoms with Gasteiger partial charge in [0, 0.05) is 6.54 Å². The molecule has 0 aromatic heterocycles. The SMILES string of the molecule is COc1cc2c(cc1S(=O)(=O)NCc1ccc3ccccc3c1)CCCC2.